The predicted octanol–water partition coefficient (Wildman–Crippen LogP) is 2.35. The largest absolute Gasteiger partial charge is 0.385 e. The molecule has 3 nitrogen and oxygen atoms in total. The van der Waals surface area contributed by atoms with Crippen LogP contribution >= 0.6 is 0 Å². The number of rotatable bonds is 5. The molecule has 0 heterocycles. The Bertz CT molecular complexity index is 353. The number of aliphatic hydroxyl groups is 1. The highest BCUT2D eigenvalue weighted by Crippen LogP contribution is 2.28. The van der Waals surface area contributed by atoms with Gasteiger partial charge in [0, 0.05) is 20.6 Å². The molecular weight excluding hydrogens is 223 g/mol. The quantitative estimate of drug-likeness (QED) is 0.805. The maximum Gasteiger partial charge on any atom is 0.159 e. The maximum atomic E-state index is 13.3. The van der Waals surface area contributed by atoms with Crippen LogP contribution in [0.15, 0.2) is 18.2 Å². The molecule has 0 aliphatic rings. The first-order valence-corrected chi connectivity index (χ1v) is 5.44. The van der Waals surface area contributed by atoms with Gasteiger partial charge in [0.25, 0.3) is 0 Å². The molecule has 1 atom stereocenters. The van der Waals surface area contributed by atoms with Crippen molar-refractivity contribution in [3.8, 4) is 0 Å². The lowest BCUT2D eigenvalue weighted by atomic mass is 9.91. The highest BCUT2D eigenvalue weighted by molar-refractivity contribution is 5.28. The van der Waals surface area contributed by atoms with Crippen LogP contribution < -0.4 is 0 Å². The molecule has 0 fully saturated rings. The fraction of sp³-hybridized carbons (Fsp3) is 0.538. The Labute approximate surface area is 101 Å². The lowest BCUT2D eigenvalue weighted by Crippen LogP contribution is -2.29. The molecule has 0 saturated carbocycles. The molecule has 0 spiro atoms. The summed E-state index contributed by atoms with van der Waals surface area (Å²) in [6.07, 6.45) is -0.281. The van der Waals surface area contributed by atoms with Crippen molar-refractivity contribution in [2.24, 2.45) is 0 Å². The molecule has 17 heavy (non-hydrogen) atoms. The number of benzene rings is 1. The van der Waals surface area contributed by atoms with Gasteiger partial charge < -0.3 is 14.6 Å². The van der Waals surface area contributed by atoms with Gasteiger partial charge in [-0.25, -0.2) is 4.39 Å². The number of hydrogen-bond donors (Lipinski definition) is 1. The van der Waals surface area contributed by atoms with Crippen molar-refractivity contribution in [1.29, 1.82) is 0 Å². The van der Waals surface area contributed by atoms with E-state index in [9.17, 15) is 9.50 Å². The second-order valence-corrected chi connectivity index (χ2v) is 4.40. The van der Waals surface area contributed by atoms with Gasteiger partial charge in [-0.1, -0.05) is 6.07 Å². The van der Waals surface area contributed by atoms with Gasteiger partial charge >= 0.3 is 0 Å². The summed E-state index contributed by atoms with van der Waals surface area (Å²) in [5.41, 5.74) is 0.101. The molecule has 1 aromatic carbocycles. The molecule has 0 aromatic heterocycles. The van der Waals surface area contributed by atoms with Crippen LogP contribution in [-0.4, -0.2) is 25.6 Å². The van der Waals surface area contributed by atoms with E-state index in [1.54, 1.807) is 19.9 Å². The van der Waals surface area contributed by atoms with Gasteiger partial charge in [-0.05, 0) is 37.1 Å². The smallest absolute Gasteiger partial charge is 0.159 e. The molecule has 1 aromatic rings. The first-order valence-electron chi connectivity index (χ1n) is 5.44. The first-order chi connectivity index (χ1) is 7.89. The number of ether oxygens (including phenoxy) is 2. The molecule has 96 valence electrons. The predicted molar refractivity (Wildman–Crippen MR) is 63.1 cm³/mol. The van der Waals surface area contributed by atoms with Gasteiger partial charge in [0.2, 0.25) is 0 Å². The van der Waals surface area contributed by atoms with Crippen molar-refractivity contribution in [2.75, 3.05) is 14.2 Å². The van der Waals surface area contributed by atoms with E-state index in [0.29, 0.717) is 5.56 Å². The lowest BCUT2D eigenvalue weighted by molar-refractivity contribution is -0.142. The van der Waals surface area contributed by atoms with Crippen molar-refractivity contribution in [2.45, 2.75) is 32.2 Å². The van der Waals surface area contributed by atoms with E-state index in [4.69, 9.17) is 9.47 Å². The Balaban J connectivity index is 2.95. The van der Waals surface area contributed by atoms with Crippen molar-refractivity contribution < 1.29 is 19.0 Å². The Kier molecular flexibility index (Phi) is 4.62. The molecule has 0 aliphatic carbocycles. The molecule has 0 amide bonds. The SMILES string of the molecule is COC(CC(C)(O)c1cc(C)cc(F)c1)OC. The second-order valence-electron chi connectivity index (χ2n) is 4.40. The monoisotopic (exact) mass is 242 g/mol. The van der Waals surface area contributed by atoms with E-state index in [-0.39, 0.29) is 12.2 Å². The number of hydrogen-bond acceptors (Lipinski definition) is 3. The average molecular weight is 242 g/mol. The van der Waals surface area contributed by atoms with E-state index in [1.165, 1.54) is 26.4 Å². The van der Waals surface area contributed by atoms with Crippen LogP contribution in [0.1, 0.15) is 24.5 Å². The van der Waals surface area contributed by atoms with E-state index in [1.807, 2.05) is 0 Å². The highest BCUT2D eigenvalue weighted by Gasteiger charge is 2.28. The standard InChI is InChI=1S/C13H19FO3/c1-9-5-10(7-11(14)6-9)13(2,15)8-12(16-3)17-4/h5-7,12,15H,8H2,1-4H3. The Morgan fingerprint density at radius 2 is 1.88 bits per heavy atom. The molecular formula is C13H19FO3. The topological polar surface area (TPSA) is 38.7 Å². The molecule has 0 bridgehead atoms. The van der Waals surface area contributed by atoms with Crippen LogP contribution in [0.5, 0.6) is 0 Å². The van der Waals surface area contributed by atoms with E-state index in [0.717, 1.165) is 5.56 Å². The average Bonchev–Trinajstić information content (AvgIpc) is 2.24. The van der Waals surface area contributed by atoms with Crippen molar-refractivity contribution in [3.05, 3.63) is 35.1 Å². The number of halogens is 1. The van der Waals surface area contributed by atoms with Gasteiger partial charge in [0.1, 0.15) is 5.82 Å². The summed E-state index contributed by atoms with van der Waals surface area (Å²) in [7, 11) is 3.00. The molecule has 1 N–H and O–H groups in total. The van der Waals surface area contributed by atoms with Crippen LogP contribution in [0.2, 0.25) is 0 Å². The van der Waals surface area contributed by atoms with Gasteiger partial charge in [0.05, 0.1) is 5.60 Å². The first kappa shape index (κ1) is 14.1. The van der Waals surface area contributed by atoms with Crippen LogP contribution in [-0.2, 0) is 15.1 Å². The van der Waals surface area contributed by atoms with Crippen LogP contribution in [0.4, 0.5) is 4.39 Å². The third-order valence-electron chi connectivity index (χ3n) is 2.75. The summed E-state index contributed by atoms with van der Waals surface area (Å²) in [5.74, 6) is -0.355. The van der Waals surface area contributed by atoms with E-state index in [2.05, 4.69) is 0 Å². The van der Waals surface area contributed by atoms with E-state index >= 15 is 0 Å². The van der Waals surface area contributed by atoms with Crippen molar-refractivity contribution >= 4 is 0 Å². The van der Waals surface area contributed by atoms with Crippen LogP contribution in [0.3, 0.4) is 0 Å². The van der Waals surface area contributed by atoms with Gasteiger partial charge in [-0.15, -0.1) is 0 Å². The summed E-state index contributed by atoms with van der Waals surface area (Å²) >= 11 is 0. The van der Waals surface area contributed by atoms with Crippen molar-refractivity contribution in [3.63, 3.8) is 0 Å². The second kappa shape index (κ2) is 5.58. The zero-order chi connectivity index (χ0) is 13.1. The Morgan fingerprint density at radius 1 is 1.29 bits per heavy atom. The summed E-state index contributed by atoms with van der Waals surface area (Å²) in [6.45, 7) is 3.40. The number of aryl methyl sites for hydroxylation is 1. The zero-order valence-electron chi connectivity index (χ0n) is 10.7. The summed E-state index contributed by atoms with van der Waals surface area (Å²) in [5, 5.41) is 10.3. The molecule has 0 aliphatic heterocycles. The van der Waals surface area contributed by atoms with E-state index < -0.39 is 11.9 Å². The molecule has 0 saturated heterocycles. The third-order valence-corrected chi connectivity index (χ3v) is 2.75. The van der Waals surface area contributed by atoms with Crippen LogP contribution in [0, 0.1) is 12.7 Å². The third kappa shape index (κ3) is 3.77. The van der Waals surface area contributed by atoms with Crippen molar-refractivity contribution in [1.82, 2.24) is 0 Å². The highest BCUT2D eigenvalue weighted by atomic mass is 19.1. The fourth-order valence-electron chi connectivity index (χ4n) is 1.75. The lowest BCUT2D eigenvalue weighted by Gasteiger charge is -2.27. The van der Waals surface area contributed by atoms with Gasteiger partial charge in [-0.2, -0.15) is 0 Å². The van der Waals surface area contributed by atoms with Gasteiger partial charge in [0.15, 0.2) is 6.29 Å². The maximum absolute atomic E-state index is 13.3. The minimum atomic E-state index is -1.19. The Hall–Kier alpha value is -0.970. The molecule has 4 heteroatoms. The fourth-order valence-corrected chi connectivity index (χ4v) is 1.75. The van der Waals surface area contributed by atoms with Gasteiger partial charge in [-0.3, -0.25) is 0 Å². The molecule has 1 rings (SSSR count). The summed E-state index contributed by atoms with van der Waals surface area (Å²) in [6, 6.07) is 4.50. The normalized spacial score (nSPS) is 15.0. The summed E-state index contributed by atoms with van der Waals surface area (Å²) < 4.78 is 23.4. The number of methoxy groups -OCH3 is 2. The minimum absolute atomic E-state index is 0.239. The minimum Gasteiger partial charge on any atom is -0.385 e. The molecule has 1 unspecified atom stereocenters. The zero-order valence-corrected chi connectivity index (χ0v) is 10.7. The summed E-state index contributed by atoms with van der Waals surface area (Å²) in [4.78, 5) is 0. The Morgan fingerprint density at radius 3 is 2.35 bits per heavy atom. The van der Waals surface area contributed by atoms with Crippen LogP contribution in [0.25, 0.3) is 0 Å². The molecule has 0 radical (unpaired) electrons.